The molecular weight excluding hydrogens is 277 g/mol. The number of aryl methyl sites for hydroxylation is 1. The van der Waals surface area contributed by atoms with E-state index in [1.54, 1.807) is 0 Å². The van der Waals surface area contributed by atoms with E-state index in [-0.39, 0.29) is 0 Å². The highest BCUT2D eigenvalue weighted by atomic mass is 127. The normalized spacial score (nSPS) is 10.9. The van der Waals surface area contributed by atoms with Gasteiger partial charge >= 0.3 is 0 Å². The Labute approximate surface area is 89.9 Å². The van der Waals surface area contributed by atoms with E-state index in [0.29, 0.717) is 0 Å². The van der Waals surface area contributed by atoms with Crippen LogP contribution in [-0.2, 0) is 4.43 Å². The molecule has 2 aromatic rings. The number of imidazole rings is 1. The number of rotatable bonds is 1. The Morgan fingerprint density at radius 2 is 2.31 bits per heavy atom. The van der Waals surface area contributed by atoms with Gasteiger partial charge in [0.1, 0.15) is 5.82 Å². The van der Waals surface area contributed by atoms with E-state index < -0.39 is 0 Å². The summed E-state index contributed by atoms with van der Waals surface area (Å²) >= 11 is 2.30. The van der Waals surface area contributed by atoms with Crippen molar-refractivity contribution in [2.45, 2.75) is 11.4 Å². The van der Waals surface area contributed by atoms with Crippen molar-refractivity contribution in [2.75, 3.05) is 5.73 Å². The Hall–Kier alpha value is -0.780. The molecule has 2 rings (SSSR count). The molecule has 68 valence electrons. The maximum atomic E-state index is 5.85. The van der Waals surface area contributed by atoms with Crippen LogP contribution in [0.1, 0.15) is 11.4 Å². The average Bonchev–Trinajstić information content (AvgIpc) is 2.45. The molecule has 3 nitrogen and oxygen atoms in total. The summed E-state index contributed by atoms with van der Waals surface area (Å²) in [5, 5.41) is 0. The highest BCUT2D eigenvalue weighted by molar-refractivity contribution is 14.1. The summed E-state index contributed by atoms with van der Waals surface area (Å²) in [4.78, 5) is 7.59. The Morgan fingerprint density at radius 1 is 1.54 bits per heavy atom. The summed E-state index contributed by atoms with van der Waals surface area (Å²) in [7, 11) is 0. The minimum atomic E-state index is 0.827. The molecule has 0 unspecified atom stereocenters. The van der Waals surface area contributed by atoms with E-state index >= 15 is 0 Å². The molecule has 0 radical (unpaired) electrons. The number of anilines is 1. The van der Waals surface area contributed by atoms with E-state index in [1.165, 1.54) is 0 Å². The van der Waals surface area contributed by atoms with Gasteiger partial charge in [0.25, 0.3) is 0 Å². The van der Waals surface area contributed by atoms with E-state index in [4.69, 9.17) is 5.73 Å². The zero-order chi connectivity index (χ0) is 9.42. The molecule has 0 aliphatic carbocycles. The third-order valence-corrected chi connectivity index (χ3v) is 2.81. The fourth-order valence-electron chi connectivity index (χ4n) is 1.41. The third-order valence-electron chi connectivity index (χ3n) is 2.05. The summed E-state index contributed by atoms with van der Waals surface area (Å²) in [5.41, 5.74) is 9.88. The van der Waals surface area contributed by atoms with Gasteiger partial charge in [0, 0.05) is 15.7 Å². The number of aromatic amines is 1. The number of fused-ring (bicyclic) bond motifs is 1. The molecule has 0 saturated heterocycles. The summed E-state index contributed by atoms with van der Waals surface area (Å²) in [5.74, 6) is 0.937. The van der Waals surface area contributed by atoms with Gasteiger partial charge in [-0.2, -0.15) is 0 Å². The molecule has 0 aliphatic rings. The van der Waals surface area contributed by atoms with Crippen LogP contribution in [0, 0.1) is 6.92 Å². The SMILES string of the molecule is Cc1nc2c(CI)c(N)ccc2[nH]1. The molecule has 1 heterocycles. The number of benzene rings is 1. The van der Waals surface area contributed by atoms with Crippen molar-refractivity contribution in [3.05, 3.63) is 23.5 Å². The molecule has 0 fully saturated rings. The van der Waals surface area contributed by atoms with E-state index in [0.717, 1.165) is 32.5 Å². The lowest BCUT2D eigenvalue weighted by molar-refractivity contribution is 1.17. The van der Waals surface area contributed by atoms with Crippen LogP contribution in [0.25, 0.3) is 11.0 Å². The molecule has 4 heteroatoms. The largest absolute Gasteiger partial charge is 0.398 e. The van der Waals surface area contributed by atoms with E-state index in [9.17, 15) is 0 Å². The van der Waals surface area contributed by atoms with Gasteiger partial charge in [-0.25, -0.2) is 4.98 Å². The number of hydrogen-bond acceptors (Lipinski definition) is 2. The average molecular weight is 287 g/mol. The van der Waals surface area contributed by atoms with Gasteiger partial charge in [-0.15, -0.1) is 0 Å². The predicted molar refractivity (Wildman–Crippen MR) is 63.0 cm³/mol. The van der Waals surface area contributed by atoms with Gasteiger partial charge < -0.3 is 10.7 Å². The van der Waals surface area contributed by atoms with Crippen LogP contribution >= 0.6 is 22.6 Å². The molecule has 0 amide bonds. The number of aromatic nitrogens is 2. The monoisotopic (exact) mass is 287 g/mol. The number of halogens is 1. The minimum absolute atomic E-state index is 0.827. The Kier molecular flexibility index (Phi) is 2.15. The van der Waals surface area contributed by atoms with Gasteiger partial charge in [0.05, 0.1) is 11.0 Å². The number of nitrogen functional groups attached to an aromatic ring is 1. The second-order valence-corrected chi connectivity index (χ2v) is 3.75. The van der Waals surface area contributed by atoms with Crippen LogP contribution in [0.3, 0.4) is 0 Å². The molecule has 13 heavy (non-hydrogen) atoms. The van der Waals surface area contributed by atoms with Crippen molar-refractivity contribution in [1.29, 1.82) is 0 Å². The molecule has 1 aromatic carbocycles. The first-order valence-electron chi connectivity index (χ1n) is 4.02. The van der Waals surface area contributed by atoms with Gasteiger partial charge in [0.2, 0.25) is 0 Å². The lowest BCUT2D eigenvalue weighted by atomic mass is 10.2. The zero-order valence-electron chi connectivity index (χ0n) is 7.26. The number of alkyl halides is 1. The maximum Gasteiger partial charge on any atom is 0.104 e. The van der Waals surface area contributed by atoms with Crippen molar-refractivity contribution >= 4 is 39.3 Å². The second kappa shape index (κ2) is 3.17. The lowest BCUT2D eigenvalue weighted by Gasteiger charge is -2.01. The van der Waals surface area contributed by atoms with Crippen molar-refractivity contribution in [2.24, 2.45) is 0 Å². The minimum Gasteiger partial charge on any atom is -0.398 e. The number of nitrogens with zero attached hydrogens (tertiary/aromatic N) is 1. The maximum absolute atomic E-state index is 5.85. The molecule has 0 atom stereocenters. The Balaban J connectivity index is 2.82. The van der Waals surface area contributed by atoms with Crippen molar-refractivity contribution in [3.63, 3.8) is 0 Å². The Bertz CT molecular complexity index is 447. The van der Waals surface area contributed by atoms with Gasteiger partial charge in [-0.3, -0.25) is 0 Å². The third kappa shape index (κ3) is 1.39. The first-order chi connectivity index (χ1) is 6.22. The van der Waals surface area contributed by atoms with E-state index in [2.05, 4.69) is 32.6 Å². The van der Waals surface area contributed by atoms with Crippen LogP contribution < -0.4 is 5.73 Å². The lowest BCUT2D eigenvalue weighted by Crippen LogP contribution is -1.92. The topological polar surface area (TPSA) is 54.7 Å². The van der Waals surface area contributed by atoms with Gasteiger partial charge in [-0.1, -0.05) is 22.6 Å². The highest BCUT2D eigenvalue weighted by Gasteiger charge is 2.07. The molecular formula is C9H10IN3. The molecule has 1 aromatic heterocycles. The molecule has 0 spiro atoms. The summed E-state index contributed by atoms with van der Waals surface area (Å²) in [6.45, 7) is 1.95. The van der Waals surface area contributed by atoms with Crippen molar-refractivity contribution in [1.82, 2.24) is 9.97 Å². The second-order valence-electron chi connectivity index (χ2n) is 2.99. The fourth-order valence-corrected chi connectivity index (χ4v) is 2.21. The number of hydrogen-bond donors (Lipinski definition) is 2. The zero-order valence-corrected chi connectivity index (χ0v) is 9.42. The quantitative estimate of drug-likeness (QED) is 0.480. The van der Waals surface area contributed by atoms with Crippen LogP contribution in [0.2, 0.25) is 0 Å². The van der Waals surface area contributed by atoms with Crippen molar-refractivity contribution in [3.8, 4) is 0 Å². The number of nitrogens with one attached hydrogen (secondary N) is 1. The molecule has 3 N–H and O–H groups in total. The van der Waals surface area contributed by atoms with Gasteiger partial charge in [-0.05, 0) is 19.1 Å². The number of nitrogens with two attached hydrogens (primary N) is 1. The van der Waals surface area contributed by atoms with Crippen LogP contribution in [0.15, 0.2) is 12.1 Å². The number of H-pyrrole nitrogens is 1. The van der Waals surface area contributed by atoms with E-state index in [1.807, 2.05) is 19.1 Å². The van der Waals surface area contributed by atoms with Gasteiger partial charge in [0.15, 0.2) is 0 Å². The van der Waals surface area contributed by atoms with Crippen LogP contribution in [-0.4, -0.2) is 9.97 Å². The smallest absolute Gasteiger partial charge is 0.104 e. The first kappa shape index (κ1) is 8.80. The van der Waals surface area contributed by atoms with Crippen LogP contribution in [0.5, 0.6) is 0 Å². The summed E-state index contributed by atoms with van der Waals surface area (Å²) < 4.78 is 0.894. The first-order valence-corrected chi connectivity index (χ1v) is 5.54. The van der Waals surface area contributed by atoms with Crippen LogP contribution in [0.4, 0.5) is 5.69 Å². The molecule has 0 aliphatic heterocycles. The molecule has 0 saturated carbocycles. The predicted octanol–water partition coefficient (Wildman–Crippen LogP) is 2.39. The fraction of sp³-hybridized carbons (Fsp3) is 0.222. The summed E-state index contributed by atoms with van der Waals surface area (Å²) in [6, 6.07) is 3.90. The highest BCUT2D eigenvalue weighted by Crippen LogP contribution is 2.24. The standard InChI is InChI=1S/C9H10IN3/c1-5-12-8-3-2-7(11)6(4-10)9(8)13-5/h2-3H,4,11H2,1H3,(H,12,13). The molecule has 0 bridgehead atoms. The van der Waals surface area contributed by atoms with Crippen molar-refractivity contribution < 1.29 is 0 Å². The Morgan fingerprint density at radius 3 is 3.00 bits per heavy atom. The summed E-state index contributed by atoms with van der Waals surface area (Å²) in [6.07, 6.45) is 0.